The van der Waals surface area contributed by atoms with Crippen LogP contribution >= 0.6 is 12.8 Å². The normalized spacial score (nSPS) is 7.40. The van der Waals surface area contributed by atoms with Gasteiger partial charge in [-0.3, -0.25) is 0 Å². The van der Waals surface area contributed by atoms with Crippen LogP contribution in [0.3, 0.4) is 0 Å². The number of primary amides is 2. The first-order chi connectivity index (χ1) is 2.27. The summed E-state index contributed by atoms with van der Waals surface area (Å²) in [5, 5.41) is 0. The summed E-state index contributed by atoms with van der Waals surface area (Å²) < 4.78 is 1.00. The first-order valence-corrected chi connectivity index (χ1v) is 1.56. The highest BCUT2D eigenvalue weighted by Gasteiger charge is 1.82. The van der Waals surface area contributed by atoms with Gasteiger partial charge in [0, 0.05) is 0 Å². The van der Waals surface area contributed by atoms with Gasteiger partial charge in [-0.2, -0.15) is 0 Å². The van der Waals surface area contributed by atoms with Crippen LogP contribution in [0.15, 0.2) is 0 Å². The summed E-state index contributed by atoms with van der Waals surface area (Å²) in [6, 6.07) is -0.506. The highest BCUT2D eigenvalue weighted by Crippen LogP contribution is 1.32. The van der Waals surface area contributed by atoms with Gasteiger partial charge >= 0.3 is 6.03 Å². The van der Waals surface area contributed by atoms with Gasteiger partial charge in [-0.25, -0.2) is 9.52 Å². The number of rotatable bonds is 0. The Bertz CT molecular complexity index is 44.9. The molecule has 0 atom stereocenters. The quantitative estimate of drug-likeness (QED) is 0.313. The molecule has 0 fully saturated rings. The molecule has 0 aliphatic heterocycles. The van der Waals surface area contributed by atoms with E-state index in [1.165, 1.54) is 0 Å². The minimum absolute atomic E-state index is 0.506. The molecule has 2 amide bonds. The number of carbonyl (C=O) groups is 1. The van der Waals surface area contributed by atoms with E-state index >= 15 is 0 Å². The van der Waals surface area contributed by atoms with Crippen molar-refractivity contribution in [1.29, 1.82) is 0 Å². The Labute approximate surface area is 35.1 Å². The zero-order chi connectivity index (χ0) is 4.28. The number of urea groups is 1. The third kappa shape index (κ3) is 3.78. The van der Waals surface area contributed by atoms with Crippen molar-refractivity contribution in [3.8, 4) is 0 Å². The lowest BCUT2D eigenvalue weighted by Gasteiger charge is -1.70. The van der Waals surface area contributed by atoms with Crippen LogP contribution in [0.4, 0.5) is 4.79 Å². The van der Waals surface area contributed by atoms with Crippen molar-refractivity contribution in [2.75, 3.05) is 0 Å². The van der Waals surface area contributed by atoms with Gasteiger partial charge < -0.3 is 5.73 Å². The molecule has 0 aliphatic carbocycles. The Hall–Kier alpha value is -0.220. The fraction of sp³-hybridized carbons (Fsp3) is 0. The standard InChI is InChI=1S/CH4N2OS/c2-1(4)3-5/h5H,(H3,2,3,4)/p+1. The molecular formula is CH5N2OS+. The maximum atomic E-state index is 9.46. The van der Waals surface area contributed by atoms with E-state index in [1.807, 2.05) is 0 Å². The Kier molecular flexibility index (Phi) is 1.95. The molecule has 0 bridgehead atoms. The van der Waals surface area contributed by atoms with Gasteiger partial charge in [0.2, 0.25) is 0 Å². The Balaban J connectivity index is 2.85. The van der Waals surface area contributed by atoms with E-state index in [0.717, 1.165) is 4.72 Å². The van der Waals surface area contributed by atoms with Gasteiger partial charge in [0.05, 0.1) is 12.8 Å². The second kappa shape index (κ2) is 2.04. The molecule has 0 saturated carbocycles. The molecule has 3 nitrogen and oxygen atoms in total. The number of carbonyl (C=O) groups excluding carboxylic acids is 1. The first-order valence-electron chi connectivity index (χ1n) is 1.04. The third-order valence-electron chi connectivity index (χ3n) is 0.127. The smallest absolute Gasteiger partial charge is 0.318 e. The van der Waals surface area contributed by atoms with Gasteiger partial charge in [0.15, 0.2) is 0 Å². The summed E-state index contributed by atoms with van der Waals surface area (Å²) in [7, 11) is 0. The molecule has 4 N–H and O–H groups in total. The van der Waals surface area contributed by atoms with Crippen LogP contribution in [0.25, 0.3) is 0 Å². The molecule has 0 unspecified atom stereocenters. The van der Waals surface area contributed by atoms with Crippen LogP contribution in [0.2, 0.25) is 0 Å². The number of hydrogen-bond acceptors (Lipinski definition) is 2. The van der Waals surface area contributed by atoms with Gasteiger partial charge in [0.25, 0.3) is 0 Å². The van der Waals surface area contributed by atoms with Crippen molar-refractivity contribution in [2.45, 2.75) is 0 Å². The lowest BCUT2D eigenvalue weighted by atomic mass is 11.2. The van der Waals surface area contributed by atoms with Crippen LogP contribution in [0, 0.1) is 0 Å². The molecule has 0 aromatic heterocycles. The van der Waals surface area contributed by atoms with Crippen molar-refractivity contribution in [1.82, 2.24) is 0 Å². The number of quaternary nitrogens is 1. The molecule has 5 heavy (non-hydrogen) atoms. The SMILES string of the molecule is NC(=O)[NH2+]S. The lowest BCUT2D eigenvalue weighted by molar-refractivity contribution is -0.357. The average molecular weight is 93.1 g/mol. The van der Waals surface area contributed by atoms with Gasteiger partial charge in [-0.05, 0) is 0 Å². The summed E-state index contributed by atoms with van der Waals surface area (Å²) in [4.78, 5) is 9.46. The molecule has 0 radical (unpaired) electrons. The summed E-state index contributed by atoms with van der Waals surface area (Å²) in [6.07, 6.45) is 0. The number of nitrogens with two attached hydrogens (primary N) is 2. The maximum Gasteiger partial charge on any atom is 0.422 e. The highest BCUT2D eigenvalue weighted by molar-refractivity contribution is 7.73. The largest absolute Gasteiger partial charge is 0.422 e. The molecule has 4 heteroatoms. The van der Waals surface area contributed by atoms with Gasteiger partial charge in [0.1, 0.15) is 0 Å². The van der Waals surface area contributed by atoms with E-state index in [9.17, 15) is 4.79 Å². The van der Waals surface area contributed by atoms with Crippen molar-refractivity contribution >= 4 is 18.8 Å². The highest BCUT2D eigenvalue weighted by atomic mass is 32.1. The number of hydrogen-bond donors (Lipinski definition) is 3. The fourth-order valence-corrected chi connectivity index (χ4v) is 0. The maximum absolute atomic E-state index is 9.46. The van der Waals surface area contributed by atoms with Gasteiger partial charge in [-0.15, -0.1) is 0 Å². The van der Waals surface area contributed by atoms with E-state index in [-0.39, 0.29) is 0 Å². The zero-order valence-electron chi connectivity index (χ0n) is 2.51. The summed E-state index contributed by atoms with van der Waals surface area (Å²) >= 11 is 3.42. The summed E-state index contributed by atoms with van der Waals surface area (Å²) in [5.41, 5.74) is 4.52. The summed E-state index contributed by atoms with van der Waals surface area (Å²) in [6.45, 7) is 0. The van der Waals surface area contributed by atoms with E-state index in [2.05, 4.69) is 18.5 Å². The second-order valence-electron chi connectivity index (χ2n) is 0.531. The molecule has 0 aromatic carbocycles. The molecule has 30 valence electrons. The Morgan fingerprint density at radius 1 is 2.00 bits per heavy atom. The molecule has 0 rings (SSSR count). The summed E-state index contributed by atoms with van der Waals surface area (Å²) in [5.74, 6) is 0. The molecule has 0 saturated heterocycles. The third-order valence-corrected chi connectivity index (χ3v) is 0.382. The minimum atomic E-state index is -0.506. The molecule has 0 aliphatic rings. The van der Waals surface area contributed by atoms with Crippen LogP contribution in [0.5, 0.6) is 0 Å². The van der Waals surface area contributed by atoms with Crippen molar-refractivity contribution in [3.63, 3.8) is 0 Å². The predicted molar refractivity (Wildman–Crippen MR) is 20.5 cm³/mol. The van der Waals surface area contributed by atoms with E-state index in [1.54, 1.807) is 0 Å². The van der Waals surface area contributed by atoms with Crippen molar-refractivity contribution < 1.29 is 9.52 Å². The van der Waals surface area contributed by atoms with Gasteiger partial charge in [-0.1, -0.05) is 0 Å². The molecule has 0 heterocycles. The van der Waals surface area contributed by atoms with Crippen LogP contribution in [-0.4, -0.2) is 6.03 Å². The fourth-order valence-electron chi connectivity index (χ4n) is 0. The van der Waals surface area contributed by atoms with Crippen LogP contribution < -0.4 is 10.5 Å². The van der Waals surface area contributed by atoms with Crippen LogP contribution in [0.1, 0.15) is 0 Å². The lowest BCUT2D eigenvalue weighted by Crippen LogP contribution is -2.79. The Morgan fingerprint density at radius 2 is 2.20 bits per heavy atom. The number of thiol groups is 1. The average Bonchev–Trinajstić information content (AvgIpc) is 1.38. The minimum Gasteiger partial charge on any atom is -0.318 e. The first kappa shape index (κ1) is 4.78. The molecule has 0 spiro atoms. The monoisotopic (exact) mass is 93.0 g/mol. The van der Waals surface area contributed by atoms with E-state index in [4.69, 9.17) is 0 Å². The topological polar surface area (TPSA) is 59.7 Å². The molecule has 0 aromatic rings. The van der Waals surface area contributed by atoms with Crippen molar-refractivity contribution in [2.24, 2.45) is 5.73 Å². The van der Waals surface area contributed by atoms with Crippen molar-refractivity contribution in [3.05, 3.63) is 0 Å². The van der Waals surface area contributed by atoms with E-state index in [0.29, 0.717) is 0 Å². The predicted octanol–water partition coefficient (Wildman–Crippen LogP) is -1.53. The Morgan fingerprint density at radius 3 is 2.20 bits per heavy atom. The number of amides is 2. The van der Waals surface area contributed by atoms with E-state index < -0.39 is 6.03 Å². The second-order valence-corrected chi connectivity index (χ2v) is 0.790. The zero-order valence-corrected chi connectivity index (χ0v) is 3.40. The van der Waals surface area contributed by atoms with Crippen LogP contribution in [-0.2, 0) is 0 Å². The molecular weight excluding hydrogens is 88.1 g/mol.